The smallest absolute Gasteiger partial charge is 0.155 e. The molecular formula is C29H39NO3. The average Bonchev–Trinajstić information content (AvgIpc) is 3.07. The maximum atomic E-state index is 12.2. The van der Waals surface area contributed by atoms with Gasteiger partial charge in [-0.3, -0.25) is 4.79 Å². The number of nitrogens with zero attached hydrogens (tertiary/aromatic N) is 1. The molecule has 1 aromatic carbocycles. The monoisotopic (exact) mass is 449 g/mol. The second-order valence-electron chi connectivity index (χ2n) is 11.5. The highest BCUT2D eigenvalue weighted by Crippen LogP contribution is 2.68. The number of allylic oxidation sites excluding steroid dienone is 1. The normalized spacial score (nSPS) is 40.2. The van der Waals surface area contributed by atoms with Crippen LogP contribution in [-0.4, -0.2) is 42.3 Å². The van der Waals surface area contributed by atoms with Gasteiger partial charge in [-0.05, 0) is 91.9 Å². The Bertz CT molecular complexity index is 964. The summed E-state index contributed by atoms with van der Waals surface area (Å²) in [5.41, 5.74) is 2.88. The van der Waals surface area contributed by atoms with Gasteiger partial charge in [-0.15, -0.1) is 0 Å². The van der Waals surface area contributed by atoms with Crippen molar-refractivity contribution in [3.8, 4) is 0 Å². The van der Waals surface area contributed by atoms with Gasteiger partial charge < -0.3 is 15.1 Å². The minimum Gasteiger partial charge on any atom is -0.392 e. The first kappa shape index (κ1) is 22.9. The molecule has 0 spiro atoms. The van der Waals surface area contributed by atoms with Crippen molar-refractivity contribution < 1.29 is 15.0 Å². The first-order valence-corrected chi connectivity index (χ1v) is 12.8. The molecular weight excluding hydrogens is 410 g/mol. The van der Waals surface area contributed by atoms with Crippen molar-refractivity contribution in [2.24, 2.45) is 29.1 Å². The highest BCUT2D eigenvalue weighted by molar-refractivity contribution is 5.91. The summed E-state index contributed by atoms with van der Waals surface area (Å²) >= 11 is 0. The molecule has 2 N–H and O–H groups in total. The van der Waals surface area contributed by atoms with E-state index in [0.29, 0.717) is 41.8 Å². The van der Waals surface area contributed by atoms with Gasteiger partial charge in [-0.25, -0.2) is 0 Å². The molecule has 33 heavy (non-hydrogen) atoms. The molecule has 4 nitrogen and oxygen atoms in total. The largest absolute Gasteiger partial charge is 0.392 e. The van der Waals surface area contributed by atoms with Crippen LogP contribution in [-0.2, 0) is 4.79 Å². The Morgan fingerprint density at radius 3 is 2.55 bits per heavy atom. The third-order valence-corrected chi connectivity index (χ3v) is 9.86. The molecule has 0 aromatic heterocycles. The summed E-state index contributed by atoms with van der Waals surface area (Å²) in [7, 11) is 4.14. The van der Waals surface area contributed by atoms with Gasteiger partial charge in [0.05, 0.1) is 12.2 Å². The fraction of sp³-hybridized carbons (Fsp3) is 0.621. The Balaban J connectivity index is 1.59. The molecule has 4 aliphatic carbocycles. The van der Waals surface area contributed by atoms with Gasteiger partial charge >= 0.3 is 0 Å². The lowest BCUT2D eigenvalue weighted by atomic mass is 9.46. The topological polar surface area (TPSA) is 60.8 Å². The van der Waals surface area contributed by atoms with E-state index in [-0.39, 0.29) is 12.0 Å². The zero-order chi connectivity index (χ0) is 23.4. The molecule has 4 heteroatoms. The number of hydrogen-bond acceptors (Lipinski definition) is 4. The molecule has 4 aliphatic rings. The van der Waals surface area contributed by atoms with Crippen LogP contribution in [0.15, 0.2) is 48.1 Å². The minimum absolute atomic E-state index is 0.0329. The molecule has 3 fully saturated rings. The van der Waals surface area contributed by atoms with E-state index in [2.05, 4.69) is 50.2 Å². The van der Waals surface area contributed by atoms with Crippen LogP contribution in [0.4, 0.5) is 5.69 Å². The molecule has 0 radical (unpaired) electrons. The van der Waals surface area contributed by atoms with Gasteiger partial charge in [-0.1, -0.05) is 36.8 Å². The molecule has 0 aliphatic heterocycles. The minimum atomic E-state index is -0.869. The quantitative estimate of drug-likeness (QED) is 0.644. The lowest BCUT2D eigenvalue weighted by molar-refractivity contribution is -0.117. The van der Waals surface area contributed by atoms with Crippen LogP contribution in [0, 0.1) is 29.1 Å². The predicted molar refractivity (Wildman–Crippen MR) is 132 cm³/mol. The molecule has 1 aromatic rings. The van der Waals surface area contributed by atoms with Crippen LogP contribution in [0.1, 0.15) is 63.4 Å². The number of carbonyl (C=O) groups excluding carboxylic acids is 1. The fourth-order valence-electron chi connectivity index (χ4n) is 8.23. The van der Waals surface area contributed by atoms with Gasteiger partial charge in [-0.2, -0.15) is 0 Å². The standard InChI is InChI=1S/C29H39NO3/c1-28-18-25(19-5-8-21(9-6-19)30(2)3)27-23-12-10-22(32)17-20(23)7-11-24(27)26(28)13-15-29(28,33)14-4-16-31/h4-6,8-9,14,17,23-27,31,33H,7,10-13,15-16,18H2,1-3H3/b14-4+/t23?,24-,25+,26-,27+,28-,29-/m0/s1. The number of benzene rings is 1. The van der Waals surface area contributed by atoms with E-state index in [1.807, 2.05) is 12.2 Å². The summed E-state index contributed by atoms with van der Waals surface area (Å²) in [6, 6.07) is 9.03. The summed E-state index contributed by atoms with van der Waals surface area (Å²) in [4.78, 5) is 14.3. The van der Waals surface area contributed by atoms with E-state index >= 15 is 0 Å². The van der Waals surface area contributed by atoms with Gasteiger partial charge in [0.2, 0.25) is 0 Å². The molecule has 3 saturated carbocycles. The molecule has 7 atom stereocenters. The van der Waals surface area contributed by atoms with Crippen LogP contribution in [0.5, 0.6) is 0 Å². The number of anilines is 1. The van der Waals surface area contributed by atoms with E-state index in [1.165, 1.54) is 16.8 Å². The number of hydrogen-bond donors (Lipinski definition) is 2. The third-order valence-electron chi connectivity index (χ3n) is 9.86. The van der Waals surface area contributed by atoms with Gasteiger partial charge in [0.15, 0.2) is 5.78 Å². The molecule has 0 saturated heterocycles. The van der Waals surface area contributed by atoms with E-state index in [9.17, 15) is 15.0 Å². The molecule has 0 heterocycles. The van der Waals surface area contributed by atoms with Crippen molar-refractivity contribution in [3.05, 3.63) is 53.6 Å². The van der Waals surface area contributed by atoms with Crippen molar-refractivity contribution in [1.82, 2.24) is 0 Å². The van der Waals surface area contributed by atoms with E-state index in [4.69, 9.17) is 0 Å². The maximum absolute atomic E-state index is 12.2. The van der Waals surface area contributed by atoms with Crippen molar-refractivity contribution >= 4 is 11.5 Å². The second-order valence-corrected chi connectivity index (χ2v) is 11.5. The summed E-state index contributed by atoms with van der Waals surface area (Å²) in [6.07, 6.45) is 12.2. The van der Waals surface area contributed by atoms with Crippen LogP contribution >= 0.6 is 0 Å². The zero-order valence-electron chi connectivity index (χ0n) is 20.3. The van der Waals surface area contributed by atoms with E-state index in [0.717, 1.165) is 38.5 Å². The molecule has 0 amide bonds. The van der Waals surface area contributed by atoms with Crippen molar-refractivity contribution in [3.63, 3.8) is 0 Å². The Kier molecular flexibility index (Phi) is 5.81. The van der Waals surface area contributed by atoms with Crippen molar-refractivity contribution in [1.29, 1.82) is 0 Å². The fourth-order valence-corrected chi connectivity index (χ4v) is 8.23. The molecule has 5 rings (SSSR count). The summed E-state index contributed by atoms with van der Waals surface area (Å²) in [5.74, 6) is 2.73. The number of aliphatic hydroxyl groups excluding tert-OH is 1. The first-order chi connectivity index (χ1) is 15.8. The highest BCUT2D eigenvalue weighted by Gasteiger charge is 2.63. The summed E-state index contributed by atoms with van der Waals surface area (Å²) in [5, 5.41) is 21.3. The maximum Gasteiger partial charge on any atom is 0.155 e. The average molecular weight is 450 g/mol. The number of carbonyl (C=O) groups is 1. The lowest BCUT2D eigenvalue weighted by Crippen LogP contribution is -2.54. The third kappa shape index (κ3) is 3.61. The molecule has 0 bridgehead atoms. The van der Waals surface area contributed by atoms with Gasteiger partial charge in [0, 0.05) is 31.6 Å². The first-order valence-electron chi connectivity index (χ1n) is 12.8. The van der Waals surface area contributed by atoms with Crippen LogP contribution < -0.4 is 4.90 Å². The van der Waals surface area contributed by atoms with E-state index in [1.54, 1.807) is 6.08 Å². The predicted octanol–water partition coefficient (Wildman–Crippen LogP) is 4.87. The van der Waals surface area contributed by atoms with Crippen LogP contribution in [0.3, 0.4) is 0 Å². The Morgan fingerprint density at radius 2 is 1.85 bits per heavy atom. The van der Waals surface area contributed by atoms with E-state index < -0.39 is 5.60 Å². The number of fused-ring (bicyclic) bond motifs is 5. The second kappa shape index (κ2) is 8.39. The van der Waals surface area contributed by atoms with Crippen molar-refractivity contribution in [2.45, 2.75) is 63.4 Å². The van der Waals surface area contributed by atoms with Gasteiger partial charge in [0.1, 0.15) is 0 Å². The molecule has 1 unspecified atom stereocenters. The number of aliphatic hydroxyl groups is 2. The van der Waals surface area contributed by atoms with Crippen LogP contribution in [0.2, 0.25) is 0 Å². The summed E-state index contributed by atoms with van der Waals surface area (Å²) < 4.78 is 0. The van der Waals surface area contributed by atoms with Crippen LogP contribution in [0.25, 0.3) is 0 Å². The Labute approximate surface area is 198 Å². The lowest BCUT2D eigenvalue weighted by Gasteiger charge is -2.58. The van der Waals surface area contributed by atoms with Gasteiger partial charge in [0.25, 0.3) is 0 Å². The Morgan fingerprint density at radius 1 is 1.09 bits per heavy atom. The summed E-state index contributed by atoms with van der Waals surface area (Å²) in [6.45, 7) is 2.27. The highest BCUT2D eigenvalue weighted by atomic mass is 16.3. The molecule has 178 valence electrons. The van der Waals surface area contributed by atoms with Crippen molar-refractivity contribution in [2.75, 3.05) is 25.6 Å². The number of ketones is 1. The SMILES string of the molecule is CN(C)c1ccc([C@H]2C[C@@]3(C)[C@@H](CC[C@@]3(O)/C=C/CO)[C@@H]3CCC4=CC(=O)CCC4[C@H]32)cc1. The Hall–Kier alpha value is -1.91. The number of rotatable bonds is 4. The zero-order valence-corrected chi connectivity index (χ0v) is 20.3.